The lowest BCUT2D eigenvalue weighted by molar-refractivity contribution is -0.117. The van der Waals surface area contributed by atoms with Crippen LogP contribution in [0.3, 0.4) is 0 Å². The molecule has 1 aromatic heterocycles. The summed E-state index contributed by atoms with van der Waals surface area (Å²) in [5.74, 6) is 0.0480. The molecule has 0 aliphatic carbocycles. The molecule has 124 valence electrons. The summed E-state index contributed by atoms with van der Waals surface area (Å²) >= 11 is 1.56. The van der Waals surface area contributed by atoms with Crippen LogP contribution in [0.5, 0.6) is 0 Å². The lowest BCUT2D eigenvalue weighted by Gasteiger charge is -2.23. The highest BCUT2D eigenvalue weighted by atomic mass is 32.1. The first-order valence-electron chi connectivity index (χ1n) is 8.10. The molecule has 0 radical (unpaired) electrons. The molecular formula is C17H18N4O2S. The molecule has 1 saturated heterocycles. The summed E-state index contributed by atoms with van der Waals surface area (Å²) < 4.78 is 0. The Labute approximate surface area is 143 Å². The molecular weight excluding hydrogens is 324 g/mol. The minimum Gasteiger partial charge on any atom is -0.336 e. The zero-order valence-electron chi connectivity index (χ0n) is 13.1. The van der Waals surface area contributed by atoms with Gasteiger partial charge in [0.1, 0.15) is 6.04 Å². The molecule has 2 N–H and O–H groups in total. The van der Waals surface area contributed by atoms with Crippen LogP contribution in [0.15, 0.2) is 29.8 Å². The molecule has 3 heterocycles. The number of nitrogens with one attached hydrogen (secondary N) is 2. The van der Waals surface area contributed by atoms with E-state index in [4.69, 9.17) is 0 Å². The number of hydrogen-bond acceptors (Lipinski definition) is 5. The van der Waals surface area contributed by atoms with Gasteiger partial charge in [-0.15, -0.1) is 11.3 Å². The van der Waals surface area contributed by atoms with Crippen molar-refractivity contribution in [2.75, 3.05) is 22.1 Å². The highest BCUT2D eigenvalue weighted by Crippen LogP contribution is 2.29. The highest BCUT2D eigenvalue weighted by Gasteiger charge is 2.32. The van der Waals surface area contributed by atoms with Crippen molar-refractivity contribution in [3.8, 4) is 0 Å². The Bertz CT molecular complexity index is 775. The summed E-state index contributed by atoms with van der Waals surface area (Å²) in [6, 6.07) is 5.47. The topological polar surface area (TPSA) is 74.3 Å². The predicted octanol–water partition coefficient (Wildman–Crippen LogP) is 2.64. The Kier molecular flexibility index (Phi) is 3.93. The summed E-state index contributed by atoms with van der Waals surface area (Å²) in [6.45, 7) is 0.863. The summed E-state index contributed by atoms with van der Waals surface area (Å²) in [5, 5.41) is 8.71. The number of aromatic nitrogens is 1. The number of hydrogen-bond donors (Lipinski definition) is 2. The Morgan fingerprint density at radius 3 is 3.12 bits per heavy atom. The van der Waals surface area contributed by atoms with E-state index < -0.39 is 0 Å². The molecule has 7 heteroatoms. The summed E-state index contributed by atoms with van der Waals surface area (Å²) in [7, 11) is 0. The maximum atomic E-state index is 12.7. The van der Waals surface area contributed by atoms with Crippen molar-refractivity contribution in [3.63, 3.8) is 0 Å². The number of rotatable bonds is 3. The van der Waals surface area contributed by atoms with Gasteiger partial charge in [0.15, 0.2) is 5.13 Å². The summed E-state index contributed by atoms with van der Waals surface area (Å²) in [6.07, 6.45) is 4.80. The first kappa shape index (κ1) is 15.1. The Hall–Kier alpha value is -2.41. The van der Waals surface area contributed by atoms with Crippen molar-refractivity contribution in [1.82, 2.24) is 4.98 Å². The van der Waals surface area contributed by atoms with Gasteiger partial charge < -0.3 is 15.5 Å². The molecule has 0 saturated carbocycles. The van der Waals surface area contributed by atoms with Gasteiger partial charge in [-0.3, -0.25) is 9.59 Å². The molecule has 1 aromatic carbocycles. The van der Waals surface area contributed by atoms with Crippen molar-refractivity contribution in [1.29, 1.82) is 0 Å². The molecule has 0 unspecified atom stereocenters. The third-order valence-electron chi connectivity index (χ3n) is 4.49. The third kappa shape index (κ3) is 2.87. The normalized spacial score (nSPS) is 19.8. The molecule has 1 atom stereocenters. The monoisotopic (exact) mass is 342 g/mol. The van der Waals surface area contributed by atoms with E-state index >= 15 is 0 Å². The van der Waals surface area contributed by atoms with E-state index in [0.717, 1.165) is 41.5 Å². The van der Waals surface area contributed by atoms with Crippen LogP contribution in [0.1, 0.15) is 24.8 Å². The Morgan fingerprint density at radius 2 is 2.29 bits per heavy atom. The van der Waals surface area contributed by atoms with E-state index in [-0.39, 0.29) is 17.9 Å². The smallest absolute Gasteiger partial charge is 0.247 e. The van der Waals surface area contributed by atoms with Gasteiger partial charge >= 0.3 is 0 Å². The fraction of sp³-hybridized carbons (Fsp3) is 0.353. The fourth-order valence-electron chi connectivity index (χ4n) is 3.31. The van der Waals surface area contributed by atoms with Crippen LogP contribution in [0.25, 0.3) is 0 Å². The average molecular weight is 342 g/mol. The van der Waals surface area contributed by atoms with Crippen LogP contribution >= 0.6 is 11.3 Å². The number of thiazole rings is 1. The Balaban J connectivity index is 1.49. The van der Waals surface area contributed by atoms with Gasteiger partial charge in [-0.1, -0.05) is 0 Å². The van der Waals surface area contributed by atoms with Crippen LogP contribution < -0.4 is 15.5 Å². The number of nitrogens with zero attached hydrogens (tertiary/aromatic N) is 2. The summed E-state index contributed by atoms with van der Waals surface area (Å²) in [5.41, 5.74) is 2.69. The predicted molar refractivity (Wildman–Crippen MR) is 94.5 cm³/mol. The van der Waals surface area contributed by atoms with Gasteiger partial charge in [0.2, 0.25) is 11.8 Å². The van der Waals surface area contributed by atoms with Crippen LogP contribution in [0, 0.1) is 0 Å². The molecule has 2 aromatic rings. The second-order valence-corrected chi connectivity index (χ2v) is 6.95. The largest absolute Gasteiger partial charge is 0.336 e. The van der Waals surface area contributed by atoms with Crippen molar-refractivity contribution in [2.24, 2.45) is 0 Å². The van der Waals surface area contributed by atoms with Gasteiger partial charge in [0, 0.05) is 35.9 Å². The first-order valence-corrected chi connectivity index (χ1v) is 8.98. The number of amides is 2. The SMILES string of the molecule is O=C1CCc2cc(NC(=O)[C@@H]3CCCN3c3nccs3)ccc2N1. The zero-order valence-corrected chi connectivity index (χ0v) is 13.9. The minimum absolute atomic E-state index is 0.00231. The van der Waals surface area contributed by atoms with Crippen LogP contribution in [-0.4, -0.2) is 29.4 Å². The van der Waals surface area contributed by atoms with E-state index in [1.165, 1.54) is 0 Å². The van der Waals surface area contributed by atoms with E-state index in [1.54, 1.807) is 17.5 Å². The number of benzene rings is 1. The van der Waals surface area contributed by atoms with Gasteiger partial charge in [-0.05, 0) is 43.0 Å². The zero-order chi connectivity index (χ0) is 16.5. The number of fused-ring (bicyclic) bond motifs is 1. The fourth-order valence-corrected chi connectivity index (χ4v) is 4.03. The molecule has 6 nitrogen and oxygen atoms in total. The van der Waals surface area contributed by atoms with Gasteiger partial charge in [-0.25, -0.2) is 4.98 Å². The maximum absolute atomic E-state index is 12.7. The molecule has 4 rings (SSSR count). The molecule has 1 fully saturated rings. The molecule has 24 heavy (non-hydrogen) atoms. The number of aryl methyl sites for hydroxylation is 1. The number of anilines is 3. The second kappa shape index (κ2) is 6.24. The van der Waals surface area contributed by atoms with E-state index in [9.17, 15) is 9.59 Å². The van der Waals surface area contributed by atoms with Gasteiger partial charge in [0.05, 0.1) is 0 Å². The van der Waals surface area contributed by atoms with Crippen molar-refractivity contribution in [2.45, 2.75) is 31.7 Å². The van der Waals surface area contributed by atoms with Crippen LogP contribution in [0.2, 0.25) is 0 Å². The molecule has 2 aliphatic rings. The lowest BCUT2D eigenvalue weighted by atomic mass is 10.0. The quantitative estimate of drug-likeness (QED) is 0.899. The van der Waals surface area contributed by atoms with Crippen molar-refractivity contribution in [3.05, 3.63) is 35.3 Å². The molecule has 0 bridgehead atoms. The maximum Gasteiger partial charge on any atom is 0.247 e. The highest BCUT2D eigenvalue weighted by molar-refractivity contribution is 7.13. The Morgan fingerprint density at radius 1 is 1.38 bits per heavy atom. The van der Waals surface area contributed by atoms with Crippen LogP contribution in [-0.2, 0) is 16.0 Å². The number of carbonyl (C=O) groups excluding carboxylic acids is 2. The summed E-state index contributed by atoms with van der Waals surface area (Å²) in [4.78, 5) is 30.5. The van der Waals surface area contributed by atoms with Gasteiger partial charge in [0.25, 0.3) is 0 Å². The molecule has 2 amide bonds. The van der Waals surface area contributed by atoms with Crippen molar-refractivity contribution < 1.29 is 9.59 Å². The standard InChI is InChI=1S/C17H18N4O2S/c22-15-6-3-11-10-12(4-5-13(11)20-15)19-16(23)14-2-1-8-21(14)17-18-7-9-24-17/h4-5,7,9-10,14H,1-3,6,8H2,(H,19,23)(H,20,22)/t14-/m0/s1. The first-order chi connectivity index (χ1) is 11.7. The molecule has 0 spiro atoms. The lowest BCUT2D eigenvalue weighted by Crippen LogP contribution is -2.39. The average Bonchev–Trinajstić information content (AvgIpc) is 3.25. The second-order valence-electron chi connectivity index (χ2n) is 6.08. The van der Waals surface area contributed by atoms with Gasteiger partial charge in [-0.2, -0.15) is 0 Å². The van der Waals surface area contributed by atoms with E-state index in [0.29, 0.717) is 12.8 Å². The van der Waals surface area contributed by atoms with E-state index in [2.05, 4.69) is 20.5 Å². The third-order valence-corrected chi connectivity index (χ3v) is 5.30. The van der Waals surface area contributed by atoms with Crippen LogP contribution in [0.4, 0.5) is 16.5 Å². The molecule has 2 aliphatic heterocycles. The van der Waals surface area contributed by atoms with E-state index in [1.807, 2.05) is 23.6 Å². The van der Waals surface area contributed by atoms with Crippen molar-refractivity contribution >= 4 is 39.7 Å². The minimum atomic E-state index is -0.174. The number of carbonyl (C=O) groups is 2.